The van der Waals surface area contributed by atoms with E-state index in [-0.39, 0.29) is 28.5 Å². The van der Waals surface area contributed by atoms with Crippen molar-refractivity contribution in [2.45, 2.75) is 51.9 Å². The average molecular weight is 593 g/mol. The molecule has 0 saturated heterocycles. The first kappa shape index (κ1) is 30.5. The maximum absolute atomic E-state index is 13.0. The fourth-order valence-corrected chi connectivity index (χ4v) is 4.99. The molecule has 2 amide bonds. The van der Waals surface area contributed by atoms with Gasteiger partial charge in [-0.25, -0.2) is 4.79 Å². The predicted octanol–water partition coefficient (Wildman–Crippen LogP) is 6.03. The Hall–Kier alpha value is -3.08. The standard InChI is InChI=1S/C27H31Cl2N5O4S/c1-5-12-38-26(37)17-8-7-9-19(13-17)30-22(35)15-39-27-33-32-24(34(27)6-2)23(16(3)4)31-25(36)20-11-10-18(28)14-21(20)29/h7-11,13-14,16,23H,5-6,12,15H2,1-4H3,(H,30,35)(H,31,36)/t23-/m0/s1. The number of thioether (sulfide) groups is 1. The first-order valence-corrected chi connectivity index (χ1v) is 14.3. The third-order valence-corrected chi connectivity index (χ3v) is 7.14. The summed E-state index contributed by atoms with van der Waals surface area (Å²) in [6.07, 6.45) is 0.727. The number of aromatic nitrogens is 3. The smallest absolute Gasteiger partial charge is 0.338 e. The molecule has 0 unspecified atom stereocenters. The molecule has 0 aliphatic rings. The Labute approximate surface area is 242 Å². The monoisotopic (exact) mass is 591 g/mol. The van der Waals surface area contributed by atoms with Gasteiger partial charge in [-0.15, -0.1) is 10.2 Å². The number of esters is 1. The number of carbonyl (C=O) groups is 3. The van der Waals surface area contributed by atoms with E-state index in [1.165, 1.54) is 17.8 Å². The van der Waals surface area contributed by atoms with Crippen molar-refractivity contribution in [3.05, 3.63) is 69.5 Å². The second-order valence-corrected chi connectivity index (χ2v) is 10.7. The molecule has 39 heavy (non-hydrogen) atoms. The number of nitrogens with one attached hydrogen (secondary N) is 2. The van der Waals surface area contributed by atoms with Crippen molar-refractivity contribution in [3.63, 3.8) is 0 Å². The number of nitrogens with zero attached hydrogens (tertiary/aromatic N) is 3. The summed E-state index contributed by atoms with van der Waals surface area (Å²) in [5.74, 6) is -0.412. The van der Waals surface area contributed by atoms with Gasteiger partial charge in [0.15, 0.2) is 11.0 Å². The summed E-state index contributed by atoms with van der Waals surface area (Å²) in [7, 11) is 0. The van der Waals surface area contributed by atoms with E-state index in [2.05, 4.69) is 20.8 Å². The molecule has 9 nitrogen and oxygen atoms in total. The second kappa shape index (κ2) is 14.3. The first-order chi connectivity index (χ1) is 18.6. The van der Waals surface area contributed by atoms with Crippen molar-refractivity contribution < 1.29 is 19.1 Å². The number of ether oxygens (including phenoxy) is 1. The van der Waals surface area contributed by atoms with Gasteiger partial charge in [0.25, 0.3) is 5.91 Å². The molecule has 0 spiro atoms. The summed E-state index contributed by atoms with van der Waals surface area (Å²) >= 11 is 13.4. The van der Waals surface area contributed by atoms with Crippen molar-refractivity contribution in [2.24, 2.45) is 5.92 Å². The van der Waals surface area contributed by atoms with E-state index in [4.69, 9.17) is 27.9 Å². The topological polar surface area (TPSA) is 115 Å². The highest BCUT2D eigenvalue weighted by Crippen LogP contribution is 2.27. The zero-order valence-electron chi connectivity index (χ0n) is 22.2. The largest absolute Gasteiger partial charge is 0.462 e. The van der Waals surface area contributed by atoms with Crippen LogP contribution in [0.4, 0.5) is 5.69 Å². The minimum atomic E-state index is -0.449. The molecule has 0 aliphatic heterocycles. The number of hydrogen-bond donors (Lipinski definition) is 2. The Morgan fingerprint density at radius 3 is 2.51 bits per heavy atom. The normalized spacial score (nSPS) is 11.8. The van der Waals surface area contributed by atoms with E-state index in [9.17, 15) is 14.4 Å². The van der Waals surface area contributed by atoms with Gasteiger partial charge in [0.05, 0.1) is 34.6 Å². The lowest BCUT2D eigenvalue weighted by Gasteiger charge is -2.22. The van der Waals surface area contributed by atoms with Gasteiger partial charge in [0, 0.05) is 17.3 Å². The number of rotatable bonds is 12. The Morgan fingerprint density at radius 2 is 1.85 bits per heavy atom. The molecular formula is C27H31Cl2N5O4S. The Kier molecular flexibility index (Phi) is 11.2. The zero-order chi connectivity index (χ0) is 28.5. The summed E-state index contributed by atoms with van der Waals surface area (Å²) in [5, 5.41) is 15.7. The minimum Gasteiger partial charge on any atom is -0.462 e. The van der Waals surface area contributed by atoms with E-state index < -0.39 is 12.0 Å². The van der Waals surface area contributed by atoms with Crippen LogP contribution < -0.4 is 10.6 Å². The summed E-state index contributed by atoms with van der Waals surface area (Å²) in [6.45, 7) is 8.66. The molecule has 2 N–H and O–H groups in total. The minimum absolute atomic E-state index is 0.00744. The van der Waals surface area contributed by atoms with Gasteiger partial charge < -0.3 is 19.9 Å². The number of benzene rings is 2. The molecule has 1 aromatic heterocycles. The van der Waals surface area contributed by atoms with Crippen molar-refractivity contribution in [1.82, 2.24) is 20.1 Å². The number of halogens is 2. The molecule has 0 radical (unpaired) electrons. The van der Waals surface area contributed by atoms with Crippen LogP contribution in [0.1, 0.15) is 66.7 Å². The van der Waals surface area contributed by atoms with Gasteiger partial charge in [-0.3, -0.25) is 9.59 Å². The van der Waals surface area contributed by atoms with Gasteiger partial charge in [-0.05, 0) is 55.7 Å². The number of hydrogen-bond acceptors (Lipinski definition) is 7. The summed E-state index contributed by atoms with van der Waals surface area (Å²) in [5.41, 5.74) is 1.17. The van der Waals surface area contributed by atoms with Crippen molar-refractivity contribution in [2.75, 3.05) is 17.7 Å². The molecule has 0 fully saturated rings. The summed E-state index contributed by atoms with van der Waals surface area (Å²) in [4.78, 5) is 37.8. The fourth-order valence-electron chi connectivity index (χ4n) is 3.69. The van der Waals surface area contributed by atoms with E-state index in [1.807, 2.05) is 32.3 Å². The number of amides is 2. The van der Waals surface area contributed by atoms with Crippen molar-refractivity contribution in [1.29, 1.82) is 0 Å². The molecule has 0 bridgehead atoms. The highest BCUT2D eigenvalue weighted by molar-refractivity contribution is 7.99. The summed E-state index contributed by atoms with van der Waals surface area (Å²) < 4.78 is 7.03. The maximum atomic E-state index is 13.0. The van der Waals surface area contributed by atoms with E-state index >= 15 is 0 Å². The lowest BCUT2D eigenvalue weighted by Crippen LogP contribution is -2.34. The third-order valence-electron chi connectivity index (χ3n) is 5.62. The van der Waals surface area contributed by atoms with Crippen LogP contribution in [0, 0.1) is 5.92 Å². The van der Waals surface area contributed by atoms with Crippen LogP contribution in [-0.4, -0.2) is 44.9 Å². The molecule has 3 aromatic rings. The van der Waals surface area contributed by atoms with Crippen LogP contribution in [0.3, 0.4) is 0 Å². The van der Waals surface area contributed by atoms with E-state index in [0.717, 1.165) is 6.42 Å². The van der Waals surface area contributed by atoms with Gasteiger partial charge >= 0.3 is 5.97 Å². The maximum Gasteiger partial charge on any atom is 0.338 e. The summed E-state index contributed by atoms with van der Waals surface area (Å²) in [6, 6.07) is 10.9. The highest BCUT2D eigenvalue weighted by Gasteiger charge is 2.27. The molecule has 0 aliphatic carbocycles. The van der Waals surface area contributed by atoms with Gasteiger partial charge in [-0.2, -0.15) is 0 Å². The van der Waals surface area contributed by atoms with Crippen LogP contribution in [0.25, 0.3) is 0 Å². The predicted molar refractivity (Wildman–Crippen MR) is 154 cm³/mol. The lowest BCUT2D eigenvalue weighted by atomic mass is 10.0. The average Bonchev–Trinajstić information content (AvgIpc) is 3.31. The van der Waals surface area contributed by atoms with Crippen LogP contribution in [0.2, 0.25) is 10.0 Å². The Balaban J connectivity index is 1.68. The molecular weight excluding hydrogens is 561 g/mol. The lowest BCUT2D eigenvalue weighted by molar-refractivity contribution is -0.113. The fraction of sp³-hybridized carbons (Fsp3) is 0.370. The molecule has 1 heterocycles. The SMILES string of the molecule is CCCOC(=O)c1cccc(NC(=O)CSc2nnc([C@@H](NC(=O)c3ccc(Cl)cc3Cl)C(C)C)n2CC)c1. The number of carbonyl (C=O) groups excluding carboxylic acids is 3. The Bertz CT molecular complexity index is 1330. The Morgan fingerprint density at radius 1 is 1.08 bits per heavy atom. The molecule has 0 saturated carbocycles. The number of anilines is 1. The molecule has 2 aromatic carbocycles. The van der Waals surface area contributed by atoms with E-state index in [1.54, 1.807) is 36.4 Å². The van der Waals surface area contributed by atoms with Gasteiger partial charge in [-0.1, -0.05) is 61.8 Å². The molecule has 12 heteroatoms. The quantitative estimate of drug-likeness (QED) is 0.195. The highest BCUT2D eigenvalue weighted by atomic mass is 35.5. The van der Waals surface area contributed by atoms with Crippen LogP contribution >= 0.6 is 35.0 Å². The van der Waals surface area contributed by atoms with Gasteiger partial charge in [0.1, 0.15) is 0 Å². The van der Waals surface area contributed by atoms with Crippen LogP contribution in [-0.2, 0) is 16.1 Å². The van der Waals surface area contributed by atoms with Crippen molar-refractivity contribution >= 4 is 58.4 Å². The van der Waals surface area contributed by atoms with Crippen LogP contribution in [0.15, 0.2) is 47.6 Å². The first-order valence-electron chi connectivity index (χ1n) is 12.5. The second-order valence-electron chi connectivity index (χ2n) is 8.96. The molecule has 208 valence electrons. The van der Waals surface area contributed by atoms with Gasteiger partial charge in [0.2, 0.25) is 5.91 Å². The van der Waals surface area contributed by atoms with E-state index in [0.29, 0.717) is 46.0 Å². The third kappa shape index (κ3) is 8.20. The molecule has 3 rings (SSSR count). The molecule has 1 atom stereocenters. The zero-order valence-corrected chi connectivity index (χ0v) is 24.5. The van der Waals surface area contributed by atoms with Crippen molar-refractivity contribution in [3.8, 4) is 0 Å². The van der Waals surface area contributed by atoms with Crippen LogP contribution in [0.5, 0.6) is 0 Å².